The highest BCUT2D eigenvalue weighted by Gasteiger charge is 2.36. The van der Waals surface area contributed by atoms with Gasteiger partial charge in [-0.05, 0) is 38.3 Å². The molecule has 0 radical (unpaired) electrons. The van der Waals surface area contributed by atoms with Gasteiger partial charge in [-0.3, -0.25) is 0 Å². The van der Waals surface area contributed by atoms with E-state index < -0.39 is 9.84 Å². The highest BCUT2D eigenvalue weighted by Crippen LogP contribution is 2.28. The second kappa shape index (κ2) is 5.40. The maximum Gasteiger partial charge on any atom is 0.155 e. The number of nitrogens with one attached hydrogen (secondary N) is 1. The predicted molar refractivity (Wildman–Crippen MR) is 67.5 cm³/mol. The first kappa shape index (κ1) is 12.9. The summed E-state index contributed by atoms with van der Waals surface area (Å²) in [4.78, 5) is 0. The van der Waals surface area contributed by atoms with Crippen LogP contribution in [0, 0.1) is 0 Å². The zero-order chi connectivity index (χ0) is 12.3. The fourth-order valence-corrected chi connectivity index (χ4v) is 4.94. The van der Waals surface area contributed by atoms with Crippen molar-refractivity contribution < 1.29 is 13.2 Å². The Balaban J connectivity index is 2.19. The fraction of sp³-hybridized carbons (Fsp3) is 0.833. The van der Waals surface area contributed by atoms with E-state index in [-0.39, 0.29) is 11.3 Å². The molecule has 0 bridgehead atoms. The van der Waals surface area contributed by atoms with Crippen molar-refractivity contribution in [3.8, 4) is 0 Å². The van der Waals surface area contributed by atoms with Gasteiger partial charge in [0.05, 0.1) is 23.9 Å². The third-order valence-electron chi connectivity index (χ3n) is 3.67. The summed E-state index contributed by atoms with van der Waals surface area (Å²) in [7, 11) is -1.11. The molecule has 0 aromatic carbocycles. The van der Waals surface area contributed by atoms with Crippen LogP contribution < -0.4 is 5.32 Å². The summed E-state index contributed by atoms with van der Waals surface area (Å²) in [5, 5.41) is 2.90. The largest absolute Gasteiger partial charge is 0.501 e. The molecule has 0 saturated carbocycles. The molecule has 2 aliphatic heterocycles. The zero-order valence-electron chi connectivity index (χ0n) is 10.3. The first-order chi connectivity index (χ1) is 8.15. The van der Waals surface area contributed by atoms with Crippen LogP contribution in [-0.2, 0) is 14.6 Å². The molecule has 0 aromatic heterocycles. The average Bonchev–Trinajstić information content (AvgIpc) is 2.33. The molecule has 5 heteroatoms. The second-order valence-electron chi connectivity index (χ2n) is 4.83. The maximum absolute atomic E-state index is 12.1. The Bertz CT molecular complexity index is 389. The lowest BCUT2D eigenvalue weighted by atomic mass is 9.96. The fourth-order valence-electron chi connectivity index (χ4n) is 2.78. The van der Waals surface area contributed by atoms with E-state index in [1.54, 1.807) is 6.26 Å². The van der Waals surface area contributed by atoms with Gasteiger partial charge in [0.15, 0.2) is 9.84 Å². The molecule has 2 aliphatic rings. The molecule has 98 valence electrons. The van der Waals surface area contributed by atoms with Crippen LogP contribution in [0.2, 0.25) is 0 Å². The summed E-state index contributed by atoms with van der Waals surface area (Å²) >= 11 is 0. The van der Waals surface area contributed by atoms with Crippen molar-refractivity contribution >= 4 is 9.84 Å². The van der Waals surface area contributed by atoms with E-state index >= 15 is 0 Å². The summed E-state index contributed by atoms with van der Waals surface area (Å²) in [5.74, 6) is 0.337. The van der Waals surface area contributed by atoms with E-state index in [9.17, 15) is 8.42 Å². The maximum atomic E-state index is 12.1. The molecule has 4 nitrogen and oxygen atoms in total. The lowest BCUT2D eigenvalue weighted by Crippen LogP contribution is -2.46. The normalized spacial score (nSPS) is 30.2. The minimum absolute atomic E-state index is 0.0689. The molecule has 0 aliphatic carbocycles. The van der Waals surface area contributed by atoms with E-state index in [0.717, 1.165) is 44.3 Å². The lowest BCUT2D eigenvalue weighted by molar-refractivity contribution is 0.219. The average molecular weight is 259 g/mol. The molecule has 1 N–H and O–H groups in total. The van der Waals surface area contributed by atoms with Gasteiger partial charge in [-0.15, -0.1) is 0 Å². The Morgan fingerprint density at radius 3 is 2.82 bits per heavy atom. The van der Waals surface area contributed by atoms with Crippen molar-refractivity contribution in [3.63, 3.8) is 0 Å². The molecule has 1 saturated heterocycles. The molecule has 2 atom stereocenters. The van der Waals surface area contributed by atoms with Crippen molar-refractivity contribution in [2.24, 2.45) is 0 Å². The van der Waals surface area contributed by atoms with Crippen LogP contribution in [0.3, 0.4) is 0 Å². The van der Waals surface area contributed by atoms with E-state index in [4.69, 9.17) is 4.74 Å². The molecule has 2 rings (SSSR count). The first-order valence-electron chi connectivity index (χ1n) is 6.34. The van der Waals surface area contributed by atoms with Crippen LogP contribution >= 0.6 is 0 Å². The molecule has 1 fully saturated rings. The monoisotopic (exact) mass is 259 g/mol. The summed E-state index contributed by atoms with van der Waals surface area (Å²) in [6, 6.07) is -0.0689. The summed E-state index contributed by atoms with van der Waals surface area (Å²) in [6.07, 6.45) is 6.27. The van der Waals surface area contributed by atoms with Crippen LogP contribution in [-0.4, -0.2) is 39.1 Å². The smallest absolute Gasteiger partial charge is 0.155 e. The molecule has 17 heavy (non-hydrogen) atoms. The van der Waals surface area contributed by atoms with Crippen molar-refractivity contribution in [3.05, 3.63) is 11.8 Å². The van der Waals surface area contributed by atoms with Gasteiger partial charge in [-0.2, -0.15) is 0 Å². The number of sulfone groups is 1. The van der Waals surface area contributed by atoms with Crippen LogP contribution in [0.5, 0.6) is 0 Å². The van der Waals surface area contributed by atoms with Crippen molar-refractivity contribution in [2.45, 2.75) is 43.4 Å². The van der Waals surface area contributed by atoms with Crippen LogP contribution in [0.15, 0.2) is 11.8 Å². The van der Waals surface area contributed by atoms with E-state index in [0.29, 0.717) is 5.75 Å². The van der Waals surface area contributed by atoms with Crippen molar-refractivity contribution in [2.75, 3.05) is 19.4 Å². The third-order valence-corrected chi connectivity index (χ3v) is 5.96. The Hall–Kier alpha value is -0.550. The van der Waals surface area contributed by atoms with Gasteiger partial charge in [0.25, 0.3) is 0 Å². The standard InChI is InChI=1S/C12H21NO3S/c1-13-12(10-5-4-7-16-9-10)11-6-2-3-8-17(11,14)15/h9,11-13H,2-8H2,1H3. The topological polar surface area (TPSA) is 55.4 Å². The number of likely N-dealkylation sites (N-methyl/N-ethyl adjacent to an activating group) is 1. The molecule has 2 heterocycles. The highest BCUT2D eigenvalue weighted by molar-refractivity contribution is 7.92. The van der Waals surface area contributed by atoms with Gasteiger partial charge < -0.3 is 10.1 Å². The summed E-state index contributed by atoms with van der Waals surface area (Å²) < 4.78 is 29.6. The number of rotatable bonds is 3. The van der Waals surface area contributed by atoms with Crippen LogP contribution in [0.25, 0.3) is 0 Å². The SMILES string of the molecule is CNC(C1=COCCC1)C1CCCCS1(=O)=O. The zero-order valence-corrected chi connectivity index (χ0v) is 11.1. The van der Waals surface area contributed by atoms with Crippen LogP contribution in [0.4, 0.5) is 0 Å². The highest BCUT2D eigenvalue weighted by atomic mass is 32.2. The van der Waals surface area contributed by atoms with Crippen molar-refractivity contribution in [1.82, 2.24) is 5.32 Å². The predicted octanol–water partition coefficient (Wildman–Crippen LogP) is 1.24. The van der Waals surface area contributed by atoms with Gasteiger partial charge >= 0.3 is 0 Å². The quantitative estimate of drug-likeness (QED) is 0.828. The minimum atomic E-state index is -2.94. The molecule has 0 aromatic rings. The van der Waals surface area contributed by atoms with E-state index in [1.165, 1.54) is 0 Å². The molecular formula is C12H21NO3S. The molecule has 0 spiro atoms. The Kier molecular flexibility index (Phi) is 4.09. The summed E-state index contributed by atoms with van der Waals surface area (Å²) in [5.41, 5.74) is 1.11. The summed E-state index contributed by atoms with van der Waals surface area (Å²) in [6.45, 7) is 0.747. The molecular weight excluding hydrogens is 238 g/mol. The van der Waals surface area contributed by atoms with Gasteiger partial charge in [-0.1, -0.05) is 6.42 Å². The number of hydrogen-bond acceptors (Lipinski definition) is 4. The number of ether oxygens (including phenoxy) is 1. The Labute approximate surface area is 103 Å². The van der Waals surface area contributed by atoms with E-state index in [2.05, 4.69) is 5.32 Å². The van der Waals surface area contributed by atoms with Crippen molar-refractivity contribution in [1.29, 1.82) is 0 Å². The van der Waals surface area contributed by atoms with Crippen LogP contribution in [0.1, 0.15) is 32.1 Å². The third kappa shape index (κ3) is 2.83. The second-order valence-corrected chi connectivity index (χ2v) is 7.17. The van der Waals surface area contributed by atoms with Gasteiger partial charge in [0, 0.05) is 6.04 Å². The Morgan fingerprint density at radius 2 is 2.24 bits per heavy atom. The van der Waals surface area contributed by atoms with Gasteiger partial charge in [0.2, 0.25) is 0 Å². The lowest BCUT2D eigenvalue weighted by Gasteiger charge is -2.32. The minimum Gasteiger partial charge on any atom is -0.501 e. The Morgan fingerprint density at radius 1 is 1.41 bits per heavy atom. The van der Waals surface area contributed by atoms with Gasteiger partial charge in [0.1, 0.15) is 0 Å². The van der Waals surface area contributed by atoms with Gasteiger partial charge in [-0.25, -0.2) is 8.42 Å². The molecule has 0 amide bonds. The first-order valence-corrected chi connectivity index (χ1v) is 8.06. The molecule has 2 unspecified atom stereocenters. The van der Waals surface area contributed by atoms with E-state index in [1.807, 2.05) is 7.05 Å². The number of hydrogen-bond donors (Lipinski definition) is 1.